The summed E-state index contributed by atoms with van der Waals surface area (Å²) in [5, 5.41) is 0. The van der Waals surface area contributed by atoms with Gasteiger partial charge in [0, 0.05) is 6.04 Å². The molecule has 0 saturated carbocycles. The minimum absolute atomic E-state index is 0.0468. The van der Waals surface area contributed by atoms with Gasteiger partial charge in [-0.05, 0) is 49.1 Å². The molecule has 0 spiro atoms. The van der Waals surface area contributed by atoms with Gasteiger partial charge in [-0.3, -0.25) is 0 Å². The van der Waals surface area contributed by atoms with Crippen LogP contribution in [0.15, 0.2) is 47.4 Å². The number of aryl methyl sites for hydroxylation is 2. The molecule has 5 nitrogen and oxygen atoms in total. The number of benzene rings is 2. The summed E-state index contributed by atoms with van der Waals surface area (Å²) in [4.78, 5) is 11.9. The molecular weight excluding hydrogens is 338 g/mol. The Morgan fingerprint density at radius 1 is 1.12 bits per heavy atom. The summed E-state index contributed by atoms with van der Waals surface area (Å²) in [6, 6.07) is 11.8. The summed E-state index contributed by atoms with van der Waals surface area (Å²) in [5.74, 6) is -0.555. The number of nitrogens with one attached hydrogen (secondary N) is 1. The monoisotopic (exact) mass is 361 g/mol. The lowest BCUT2D eigenvalue weighted by molar-refractivity contribution is 0.0599. The van der Waals surface area contributed by atoms with Crippen LogP contribution >= 0.6 is 0 Å². The van der Waals surface area contributed by atoms with Gasteiger partial charge >= 0.3 is 5.97 Å². The van der Waals surface area contributed by atoms with Gasteiger partial charge < -0.3 is 4.74 Å². The maximum Gasteiger partial charge on any atom is 0.338 e. The standard InChI is InChI=1S/C19H23NO4S/c1-5-18(16-9-7-6-8-13(16)2)20-25(22,23)15-11-10-14(3)17(12-15)19(21)24-4/h6-12,18,20H,5H2,1-4H3/t18-/m1/s1. The summed E-state index contributed by atoms with van der Waals surface area (Å²) in [6.07, 6.45) is 0.611. The van der Waals surface area contributed by atoms with Gasteiger partial charge in [0.2, 0.25) is 10.0 Å². The van der Waals surface area contributed by atoms with Crippen molar-refractivity contribution < 1.29 is 17.9 Å². The van der Waals surface area contributed by atoms with Crippen LogP contribution in [-0.2, 0) is 14.8 Å². The summed E-state index contributed by atoms with van der Waals surface area (Å²) in [6.45, 7) is 5.61. The smallest absolute Gasteiger partial charge is 0.338 e. The lowest BCUT2D eigenvalue weighted by atomic mass is 10.0. The van der Waals surface area contributed by atoms with E-state index in [0.717, 1.165) is 11.1 Å². The van der Waals surface area contributed by atoms with E-state index in [1.807, 2.05) is 38.1 Å². The van der Waals surface area contributed by atoms with Gasteiger partial charge in [0.05, 0.1) is 17.6 Å². The number of hydrogen-bond acceptors (Lipinski definition) is 4. The Morgan fingerprint density at radius 3 is 2.40 bits per heavy atom. The molecule has 0 fully saturated rings. The molecule has 1 N–H and O–H groups in total. The van der Waals surface area contributed by atoms with Crippen LogP contribution in [0.3, 0.4) is 0 Å². The molecular formula is C19H23NO4S. The number of sulfonamides is 1. The third-order valence-corrected chi connectivity index (χ3v) is 5.66. The van der Waals surface area contributed by atoms with Crippen LogP contribution in [0.4, 0.5) is 0 Å². The molecule has 2 rings (SSSR count). The zero-order valence-electron chi connectivity index (χ0n) is 14.9. The third-order valence-electron chi connectivity index (χ3n) is 4.19. The molecule has 0 amide bonds. The van der Waals surface area contributed by atoms with Gasteiger partial charge in [-0.2, -0.15) is 0 Å². The number of hydrogen-bond donors (Lipinski definition) is 1. The number of ether oxygens (including phenoxy) is 1. The number of methoxy groups -OCH3 is 1. The fraction of sp³-hybridized carbons (Fsp3) is 0.316. The predicted molar refractivity (Wildman–Crippen MR) is 97.1 cm³/mol. The first-order valence-electron chi connectivity index (χ1n) is 8.07. The Hall–Kier alpha value is -2.18. The van der Waals surface area contributed by atoms with Crippen molar-refractivity contribution in [1.29, 1.82) is 0 Å². The third kappa shape index (κ3) is 4.27. The summed E-state index contributed by atoms with van der Waals surface area (Å²) >= 11 is 0. The average molecular weight is 361 g/mol. The summed E-state index contributed by atoms with van der Waals surface area (Å²) in [7, 11) is -2.50. The number of rotatable bonds is 6. The van der Waals surface area contributed by atoms with Crippen LogP contribution in [0.5, 0.6) is 0 Å². The largest absolute Gasteiger partial charge is 0.465 e. The van der Waals surface area contributed by atoms with E-state index in [9.17, 15) is 13.2 Å². The second kappa shape index (κ2) is 7.80. The minimum atomic E-state index is -3.78. The first-order chi connectivity index (χ1) is 11.8. The maximum atomic E-state index is 12.8. The van der Waals surface area contributed by atoms with E-state index in [4.69, 9.17) is 4.74 Å². The lowest BCUT2D eigenvalue weighted by Gasteiger charge is -2.20. The SMILES string of the molecule is CC[C@@H](NS(=O)(=O)c1ccc(C)c(C(=O)OC)c1)c1ccccc1C. The van der Waals surface area contributed by atoms with Crippen LogP contribution in [0.1, 0.15) is 46.4 Å². The van der Waals surface area contributed by atoms with Gasteiger partial charge in [0.15, 0.2) is 0 Å². The molecule has 0 saturated heterocycles. The van der Waals surface area contributed by atoms with E-state index in [0.29, 0.717) is 12.0 Å². The first kappa shape index (κ1) is 19.1. The molecule has 0 bridgehead atoms. The highest BCUT2D eigenvalue weighted by Crippen LogP contribution is 2.24. The second-order valence-corrected chi connectivity index (χ2v) is 7.62. The highest BCUT2D eigenvalue weighted by Gasteiger charge is 2.23. The molecule has 0 unspecified atom stereocenters. The molecule has 0 aromatic heterocycles. The predicted octanol–water partition coefficient (Wildman–Crippen LogP) is 3.52. The van der Waals surface area contributed by atoms with Crippen LogP contribution < -0.4 is 4.72 Å². The van der Waals surface area contributed by atoms with Gasteiger partial charge in [0.25, 0.3) is 0 Å². The van der Waals surface area contributed by atoms with Crippen molar-refractivity contribution >= 4 is 16.0 Å². The van der Waals surface area contributed by atoms with E-state index < -0.39 is 16.0 Å². The van der Waals surface area contributed by atoms with E-state index in [1.54, 1.807) is 13.0 Å². The van der Waals surface area contributed by atoms with Gasteiger partial charge in [-0.15, -0.1) is 0 Å². The van der Waals surface area contributed by atoms with Crippen molar-refractivity contribution in [2.45, 2.75) is 38.1 Å². The number of esters is 1. The van der Waals surface area contributed by atoms with Crippen molar-refractivity contribution in [2.75, 3.05) is 7.11 Å². The maximum absolute atomic E-state index is 12.8. The molecule has 0 heterocycles. The lowest BCUT2D eigenvalue weighted by Crippen LogP contribution is -2.29. The quantitative estimate of drug-likeness (QED) is 0.799. The molecule has 2 aromatic carbocycles. The Morgan fingerprint density at radius 2 is 1.80 bits per heavy atom. The van der Waals surface area contributed by atoms with Gasteiger partial charge in [0.1, 0.15) is 0 Å². The fourth-order valence-electron chi connectivity index (χ4n) is 2.70. The normalized spacial score (nSPS) is 12.6. The van der Waals surface area contributed by atoms with E-state index in [1.165, 1.54) is 19.2 Å². The van der Waals surface area contributed by atoms with Crippen LogP contribution in [0, 0.1) is 13.8 Å². The number of carbonyl (C=O) groups is 1. The molecule has 25 heavy (non-hydrogen) atoms. The Kier molecular flexibility index (Phi) is 5.98. The molecule has 1 atom stereocenters. The van der Waals surface area contributed by atoms with Crippen molar-refractivity contribution in [2.24, 2.45) is 0 Å². The van der Waals surface area contributed by atoms with E-state index in [2.05, 4.69) is 4.72 Å². The van der Waals surface area contributed by atoms with E-state index in [-0.39, 0.29) is 16.5 Å². The first-order valence-corrected chi connectivity index (χ1v) is 9.55. The topological polar surface area (TPSA) is 72.5 Å². The van der Waals surface area contributed by atoms with Crippen LogP contribution in [0.25, 0.3) is 0 Å². The molecule has 2 aromatic rings. The molecule has 134 valence electrons. The minimum Gasteiger partial charge on any atom is -0.465 e. The van der Waals surface area contributed by atoms with Crippen LogP contribution in [0.2, 0.25) is 0 Å². The molecule has 6 heteroatoms. The van der Waals surface area contributed by atoms with Crippen LogP contribution in [-0.4, -0.2) is 21.5 Å². The Labute approximate surface area is 149 Å². The fourth-order valence-corrected chi connectivity index (χ4v) is 4.02. The zero-order valence-corrected chi connectivity index (χ0v) is 15.7. The van der Waals surface area contributed by atoms with Crippen molar-refractivity contribution in [3.05, 3.63) is 64.7 Å². The number of carbonyl (C=O) groups excluding carboxylic acids is 1. The van der Waals surface area contributed by atoms with E-state index >= 15 is 0 Å². The summed E-state index contributed by atoms with van der Waals surface area (Å²) in [5.41, 5.74) is 2.87. The highest BCUT2D eigenvalue weighted by atomic mass is 32.2. The Balaban J connectivity index is 2.38. The highest BCUT2D eigenvalue weighted by molar-refractivity contribution is 7.89. The molecule has 0 aliphatic heterocycles. The summed E-state index contributed by atoms with van der Waals surface area (Å²) < 4.78 is 33.1. The van der Waals surface area contributed by atoms with Crippen molar-refractivity contribution in [1.82, 2.24) is 4.72 Å². The Bertz CT molecular complexity index is 875. The molecule has 0 radical (unpaired) electrons. The second-order valence-electron chi connectivity index (χ2n) is 5.91. The molecule has 0 aliphatic carbocycles. The van der Waals surface area contributed by atoms with Crippen molar-refractivity contribution in [3.8, 4) is 0 Å². The van der Waals surface area contributed by atoms with Gasteiger partial charge in [-0.1, -0.05) is 37.3 Å². The zero-order chi connectivity index (χ0) is 18.6. The van der Waals surface area contributed by atoms with Crippen molar-refractivity contribution in [3.63, 3.8) is 0 Å². The average Bonchev–Trinajstić information content (AvgIpc) is 2.60. The van der Waals surface area contributed by atoms with Gasteiger partial charge in [-0.25, -0.2) is 17.9 Å². The molecule has 0 aliphatic rings.